The van der Waals surface area contributed by atoms with Crippen LogP contribution in [-0.2, 0) is 56.0 Å². The van der Waals surface area contributed by atoms with Gasteiger partial charge in [-0.15, -0.1) is 0 Å². The van der Waals surface area contributed by atoms with Gasteiger partial charge in [-0.1, -0.05) is 150 Å². The molecular formula is C66H66N10O10. The summed E-state index contributed by atoms with van der Waals surface area (Å²) in [6, 6.07) is 44.5. The van der Waals surface area contributed by atoms with E-state index in [4.69, 9.17) is 42.6 Å². The maximum Gasteiger partial charge on any atom is 0.358 e. The van der Waals surface area contributed by atoms with Crippen LogP contribution < -0.4 is 22.9 Å². The van der Waals surface area contributed by atoms with E-state index in [2.05, 4.69) is 29.9 Å². The molecule has 3 heterocycles. The smallest absolute Gasteiger partial charge is 0.358 e. The number of aromatic carboxylic acids is 1. The topological polar surface area (TPSA) is 343 Å². The summed E-state index contributed by atoms with van der Waals surface area (Å²) in [6.45, 7) is 10.3. The Hall–Kier alpha value is -11.0. The van der Waals surface area contributed by atoms with Gasteiger partial charge in [0.2, 0.25) is 0 Å². The minimum atomic E-state index is -1.18. The quantitative estimate of drug-likeness (QED) is 0.0264. The second-order valence-electron chi connectivity index (χ2n) is 19.5. The van der Waals surface area contributed by atoms with Crippen LogP contribution in [0.5, 0.6) is 0 Å². The second kappa shape index (κ2) is 31.4. The van der Waals surface area contributed by atoms with E-state index < -0.39 is 11.9 Å². The largest absolute Gasteiger partial charge is 0.481 e. The van der Waals surface area contributed by atoms with Crippen LogP contribution in [0.2, 0.25) is 0 Å². The lowest BCUT2D eigenvalue weighted by atomic mass is 10.0. The zero-order valence-corrected chi connectivity index (χ0v) is 48.2. The molecule has 0 fully saturated rings. The van der Waals surface area contributed by atoms with Crippen molar-refractivity contribution in [2.75, 3.05) is 36.1 Å². The fourth-order valence-electron chi connectivity index (χ4n) is 8.01. The molecule has 0 unspecified atom stereocenters. The van der Waals surface area contributed by atoms with E-state index in [-0.39, 0.29) is 83.7 Å². The highest BCUT2D eigenvalue weighted by Crippen LogP contribution is 2.23. The minimum absolute atomic E-state index is 0.0504. The van der Waals surface area contributed by atoms with Gasteiger partial charge in [-0.25, -0.2) is 34.7 Å². The highest BCUT2D eigenvalue weighted by molar-refractivity contribution is 6.00. The average Bonchev–Trinajstić information content (AvgIpc) is 2.53. The summed E-state index contributed by atoms with van der Waals surface area (Å²) >= 11 is 0. The number of aromatic nitrogens is 6. The summed E-state index contributed by atoms with van der Waals surface area (Å²) < 4.78 is 9.75. The molecule has 9 rings (SSSR count). The molecule has 86 heavy (non-hydrogen) atoms. The van der Waals surface area contributed by atoms with Crippen LogP contribution in [-0.4, -0.2) is 88.8 Å². The number of ether oxygens (including phenoxy) is 2. The molecule has 0 radical (unpaired) electrons. The van der Waals surface area contributed by atoms with Crippen LogP contribution in [0, 0.1) is 20.8 Å². The van der Waals surface area contributed by atoms with E-state index in [9.17, 15) is 28.8 Å². The molecule has 0 saturated carbocycles. The van der Waals surface area contributed by atoms with E-state index >= 15 is 0 Å². The van der Waals surface area contributed by atoms with Gasteiger partial charge in [-0.3, -0.25) is 24.0 Å². The molecule has 0 bridgehead atoms. The molecule has 3 aromatic heterocycles. The number of anilines is 4. The number of benzene rings is 6. The molecule has 0 amide bonds. The van der Waals surface area contributed by atoms with Gasteiger partial charge >= 0.3 is 23.9 Å². The highest BCUT2D eigenvalue weighted by Gasteiger charge is 2.18. The van der Waals surface area contributed by atoms with Gasteiger partial charge in [0.15, 0.2) is 34.7 Å². The third-order valence-corrected chi connectivity index (χ3v) is 12.6. The maximum absolute atomic E-state index is 12.8. The number of nitrogens with zero attached hydrogens (tertiary/aromatic N) is 6. The number of carboxylic acid groups (broad SMARTS) is 2. The third kappa shape index (κ3) is 19.9. The first kappa shape index (κ1) is 64.2. The first-order chi connectivity index (χ1) is 41.2. The van der Waals surface area contributed by atoms with Gasteiger partial charge in [0, 0.05) is 35.2 Å². The Morgan fingerprint density at radius 3 is 0.965 bits per heavy atom. The summed E-state index contributed by atoms with van der Waals surface area (Å²) in [4.78, 5) is 94.6. The number of nitrogen functional groups attached to an aromatic ring is 4. The van der Waals surface area contributed by atoms with E-state index in [1.165, 1.54) is 6.20 Å². The molecule has 0 aliphatic heterocycles. The van der Waals surface area contributed by atoms with Crippen LogP contribution in [0.4, 0.5) is 23.1 Å². The van der Waals surface area contributed by atoms with Crippen molar-refractivity contribution in [3.8, 4) is 33.8 Å². The normalized spacial score (nSPS) is 10.3. The number of hydrogen-bond donors (Lipinski definition) is 6. The number of carboxylic acids is 2. The number of aliphatic carboxylic acids is 1. The van der Waals surface area contributed by atoms with Crippen LogP contribution in [0.3, 0.4) is 0 Å². The first-order valence-corrected chi connectivity index (χ1v) is 27.1. The van der Waals surface area contributed by atoms with Gasteiger partial charge in [0.1, 0.15) is 11.4 Å². The SMILES string of the molecule is CCOC(=O)Cc1ccc(CC(=O)c2nc(-c3ccc(C)cc3)cnc2N)cc1.CCOC(=O)Cc1ccc(N)cc1.Cc1ccc(-c2cnc(N)c(C(=O)Cc3ccc(CC(=O)O)cc3)n2)cc1.Cc1ccc(-c2cnc(N)c(C(=O)O)n2)cc1. The van der Waals surface area contributed by atoms with E-state index in [0.29, 0.717) is 48.0 Å². The van der Waals surface area contributed by atoms with Crippen molar-refractivity contribution < 1.29 is 48.5 Å². The summed E-state index contributed by atoms with van der Waals surface area (Å²) in [5.41, 5.74) is 35.1. The number of carbonyl (C=O) groups excluding carboxylic acids is 4. The lowest BCUT2D eigenvalue weighted by molar-refractivity contribution is -0.143. The van der Waals surface area contributed by atoms with Gasteiger partial charge in [0.05, 0.1) is 68.1 Å². The summed E-state index contributed by atoms with van der Waals surface area (Å²) in [5.74, 6) is -2.85. The standard InChI is InChI=1S/C23H23N3O3.C21H19N3O3.C12H11N3O2.C10H13NO2/c1-3-29-21(28)13-17-8-6-16(7-9-17)12-20(27)22-23(24)25-14-19(26-22)18-10-4-15(2)5-11-18;1-13-2-8-16(9-3-13)17-12-23-21(22)20(24-17)18(25)10-14-4-6-15(7-5-14)11-19(26)27;1-7-2-4-8(5-3-7)9-6-14-11(13)10(15-9)12(16)17;1-2-13-10(12)7-8-3-5-9(11)6-4-8/h4-11,14H,3,12-13H2,1-2H3,(H2,24,25);2-9,12H,10-11H2,1H3,(H2,22,23)(H,26,27);2-6H,1H3,(H2,13,14)(H,16,17);3-6H,2,7,11H2,1H3. The Morgan fingerprint density at radius 2 is 0.663 bits per heavy atom. The summed E-state index contributed by atoms with van der Waals surface area (Å²) in [6.07, 6.45) is 5.32. The van der Waals surface area contributed by atoms with Crippen molar-refractivity contribution in [1.82, 2.24) is 29.9 Å². The molecule has 20 heteroatoms. The van der Waals surface area contributed by atoms with Crippen LogP contribution in [0.15, 0.2) is 164 Å². The number of Topliss-reactive ketones (excluding diaryl/α,β-unsaturated/α-hetero) is 2. The van der Waals surface area contributed by atoms with E-state index in [1.54, 1.807) is 62.6 Å². The molecule has 0 saturated heterocycles. The number of nitrogens with two attached hydrogens (primary N) is 4. The Balaban J connectivity index is 0.000000192. The number of aryl methyl sites for hydroxylation is 3. The Kier molecular flexibility index (Phi) is 23.4. The summed E-state index contributed by atoms with van der Waals surface area (Å²) in [5, 5.41) is 17.7. The molecule has 0 aliphatic carbocycles. The van der Waals surface area contributed by atoms with Crippen molar-refractivity contribution in [1.29, 1.82) is 0 Å². The van der Waals surface area contributed by atoms with Gasteiger partial charge in [0.25, 0.3) is 0 Å². The predicted molar refractivity (Wildman–Crippen MR) is 329 cm³/mol. The van der Waals surface area contributed by atoms with Gasteiger partial charge in [-0.2, -0.15) is 0 Å². The number of hydrogen-bond acceptors (Lipinski definition) is 18. The number of rotatable bonds is 18. The van der Waals surface area contributed by atoms with Gasteiger partial charge in [-0.05, 0) is 74.6 Å². The fraction of sp³-hybridized carbons (Fsp3) is 0.182. The zero-order valence-electron chi connectivity index (χ0n) is 48.2. The molecule has 6 aromatic carbocycles. The molecular weight excluding hydrogens is 1090 g/mol. The molecule has 0 atom stereocenters. The van der Waals surface area contributed by atoms with Gasteiger partial charge < -0.3 is 42.6 Å². The van der Waals surface area contributed by atoms with Crippen LogP contribution in [0.25, 0.3) is 33.8 Å². The van der Waals surface area contributed by atoms with E-state index in [1.807, 2.05) is 130 Å². The lowest BCUT2D eigenvalue weighted by Gasteiger charge is -2.08. The van der Waals surface area contributed by atoms with Crippen LogP contribution in [0.1, 0.15) is 89.8 Å². The van der Waals surface area contributed by atoms with Crippen molar-refractivity contribution in [3.63, 3.8) is 0 Å². The van der Waals surface area contributed by atoms with Crippen molar-refractivity contribution in [3.05, 3.63) is 226 Å². The molecule has 0 aliphatic rings. The lowest BCUT2D eigenvalue weighted by Crippen LogP contribution is -2.12. The zero-order chi connectivity index (χ0) is 62.3. The molecule has 9 aromatic rings. The number of carbonyl (C=O) groups is 6. The average molecular weight is 1160 g/mol. The molecule has 0 spiro atoms. The predicted octanol–water partition coefficient (Wildman–Crippen LogP) is 9.76. The highest BCUT2D eigenvalue weighted by atomic mass is 16.5. The second-order valence-corrected chi connectivity index (χ2v) is 19.5. The maximum atomic E-state index is 12.8. The number of ketones is 2. The molecule has 20 nitrogen and oxygen atoms in total. The van der Waals surface area contributed by atoms with Crippen molar-refractivity contribution in [2.45, 2.75) is 66.7 Å². The third-order valence-electron chi connectivity index (χ3n) is 12.6. The summed E-state index contributed by atoms with van der Waals surface area (Å²) in [7, 11) is 0. The minimum Gasteiger partial charge on any atom is -0.481 e. The Bertz CT molecular complexity index is 3790. The monoisotopic (exact) mass is 1160 g/mol. The number of esters is 2. The van der Waals surface area contributed by atoms with Crippen molar-refractivity contribution >= 4 is 58.6 Å². The first-order valence-electron chi connectivity index (χ1n) is 27.1. The van der Waals surface area contributed by atoms with E-state index in [0.717, 1.165) is 55.6 Å². The van der Waals surface area contributed by atoms with Crippen molar-refractivity contribution in [2.24, 2.45) is 0 Å². The molecule has 10 N–H and O–H groups in total. The Labute approximate surface area is 497 Å². The Morgan fingerprint density at radius 1 is 0.384 bits per heavy atom. The van der Waals surface area contributed by atoms with Crippen LogP contribution >= 0.6 is 0 Å². The molecule has 440 valence electrons. The fourth-order valence-corrected chi connectivity index (χ4v) is 8.01.